The fraction of sp³-hybridized carbons (Fsp3) is 0.278. The van der Waals surface area contributed by atoms with Crippen LogP contribution in [0.15, 0.2) is 53.4 Å². The standard InChI is InChI=1S/C18H21ClN2O4S/c1-13(14-7-5-4-6-8-14)12-20-18(22)15-9-10-16(19)17(11-15)26(23,24)21(2)25-3/h4-11,13H,12H2,1-3H3,(H,20,22). The van der Waals surface area contributed by atoms with E-state index in [-0.39, 0.29) is 27.3 Å². The molecule has 1 amide bonds. The second kappa shape index (κ2) is 8.64. The van der Waals surface area contributed by atoms with Crippen LogP contribution in [0.5, 0.6) is 0 Å². The predicted octanol–water partition coefficient (Wildman–Crippen LogP) is 3.06. The van der Waals surface area contributed by atoms with Gasteiger partial charge in [0.25, 0.3) is 15.9 Å². The maximum atomic E-state index is 12.4. The molecule has 0 radical (unpaired) electrons. The lowest BCUT2D eigenvalue weighted by atomic mass is 10.0. The van der Waals surface area contributed by atoms with Crippen molar-refractivity contribution in [3.05, 3.63) is 64.7 Å². The molecule has 0 aliphatic heterocycles. The van der Waals surface area contributed by atoms with E-state index in [1.807, 2.05) is 37.3 Å². The Morgan fingerprint density at radius 2 is 1.88 bits per heavy atom. The number of hydrogen-bond donors (Lipinski definition) is 1. The highest BCUT2D eigenvalue weighted by molar-refractivity contribution is 7.89. The summed E-state index contributed by atoms with van der Waals surface area (Å²) in [6.45, 7) is 2.42. The Kier molecular flexibility index (Phi) is 6.77. The molecule has 2 aromatic carbocycles. The molecule has 0 aliphatic rings. The molecule has 0 saturated heterocycles. The van der Waals surface area contributed by atoms with Gasteiger partial charge in [0.15, 0.2) is 0 Å². The molecule has 0 spiro atoms. The summed E-state index contributed by atoms with van der Waals surface area (Å²) in [5, 5.41) is 2.83. The van der Waals surface area contributed by atoms with Gasteiger partial charge in [-0.2, -0.15) is 0 Å². The molecular formula is C18H21ClN2O4S. The summed E-state index contributed by atoms with van der Waals surface area (Å²) in [5.74, 6) is -0.253. The van der Waals surface area contributed by atoms with E-state index in [9.17, 15) is 13.2 Å². The molecule has 6 nitrogen and oxygen atoms in total. The molecule has 0 heterocycles. The molecule has 0 aliphatic carbocycles. The summed E-state index contributed by atoms with van der Waals surface area (Å²) in [6.07, 6.45) is 0. The number of nitrogens with one attached hydrogen (secondary N) is 1. The first-order valence-electron chi connectivity index (χ1n) is 7.93. The van der Waals surface area contributed by atoms with Gasteiger partial charge < -0.3 is 5.32 Å². The van der Waals surface area contributed by atoms with Crippen LogP contribution in [-0.4, -0.2) is 39.5 Å². The van der Waals surface area contributed by atoms with Gasteiger partial charge in [0.2, 0.25) is 0 Å². The van der Waals surface area contributed by atoms with Gasteiger partial charge in [0.05, 0.1) is 12.1 Å². The van der Waals surface area contributed by atoms with Gasteiger partial charge in [0.1, 0.15) is 4.90 Å². The summed E-state index contributed by atoms with van der Waals surface area (Å²) in [5.41, 5.74) is 1.31. The van der Waals surface area contributed by atoms with Gasteiger partial charge >= 0.3 is 0 Å². The van der Waals surface area contributed by atoms with Crippen molar-refractivity contribution in [1.29, 1.82) is 0 Å². The van der Waals surface area contributed by atoms with E-state index in [1.54, 1.807) is 0 Å². The van der Waals surface area contributed by atoms with E-state index < -0.39 is 10.0 Å². The van der Waals surface area contributed by atoms with Crippen molar-refractivity contribution in [3.63, 3.8) is 0 Å². The fourth-order valence-electron chi connectivity index (χ4n) is 2.33. The molecule has 0 aromatic heterocycles. The Morgan fingerprint density at radius 3 is 2.50 bits per heavy atom. The van der Waals surface area contributed by atoms with Crippen LogP contribution < -0.4 is 5.32 Å². The van der Waals surface area contributed by atoms with E-state index in [4.69, 9.17) is 16.4 Å². The van der Waals surface area contributed by atoms with Crippen LogP contribution in [0, 0.1) is 0 Å². The molecule has 1 N–H and O–H groups in total. The van der Waals surface area contributed by atoms with E-state index in [0.717, 1.165) is 5.56 Å². The van der Waals surface area contributed by atoms with E-state index in [0.29, 0.717) is 11.0 Å². The largest absolute Gasteiger partial charge is 0.351 e. The summed E-state index contributed by atoms with van der Waals surface area (Å²) in [4.78, 5) is 17.0. The number of halogens is 1. The minimum Gasteiger partial charge on any atom is -0.351 e. The molecule has 1 atom stereocenters. The second-order valence-electron chi connectivity index (χ2n) is 5.76. The fourth-order valence-corrected chi connectivity index (χ4v) is 3.80. The highest BCUT2D eigenvalue weighted by Gasteiger charge is 2.25. The lowest BCUT2D eigenvalue weighted by Gasteiger charge is -2.16. The quantitative estimate of drug-likeness (QED) is 0.730. The normalized spacial score (nSPS) is 12.8. The highest BCUT2D eigenvalue weighted by Crippen LogP contribution is 2.25. The number of carbonyl (C=O) groups excluding carboxylic acids is 1. The Bertz CT molecular complexity index is 872. The Morgan fingerprint density at radius 1 is 1.23 bits per heavy atom. The van der Waals surface area contributed by atoms with E-state index in [1.165, 1.54) is 32.4 Å². The molecule has 2 aromatic rings. The first kappa shape index (κ1) is 20.4. The third kappa shape index (κ3) is 4.62. The molecule has 0 fully saturated rings. The molecule has 26 heavy (non-hydrogen) atoms. The SMILES string of the molecule is CON(C)S(=O)(=O)c1cc(C(=O)NCC(C)c2ccccc2)ccc1Cl. The Hall–Kier alpha value is -1.93. The number of hydrogen-bond acceptors (Lipinski definition) is 4. The van der Waals surface area contributed by atoms with Gasteiger partial charge in [0, 0.05) is 19.2 Å². The van der Waals surface area contributed by atoms with Crippen LogP contribution in [0.1, 0.15) is 28.8 Å². The van der Waals surface area contributed by atoms with Crippen LogP contribution in [0.25, 0.3) is 0 Å². The molecule has 0 bridgehead atoms. The number of benzene rings is 2. The van der Waals surface area contributed by atoms with Crippen LogP contribution in [0.2, 0.25) is 5.02 Å². The van der Waals surface area contributed by atoms with Crippen molar-refractivity contribution in [2.24, 2.45) is 0 Å². The van der Waals surface area contributed by atoms with Gasteiger partial charge in [-0.05, 0) is 29.7 Å². The topological polar surface area (TPSA) is 75.7 Å². The number of hydroxylamine groups is 1. The Labute approximate surface area is 158 Å². The van der Waals surface area contributed by atoms with Crippen LogP contribution in [-0.2, 0) is 14.9 Å². The molecule has 8 heteroatoms. The lowest BCUT2D eigenvalue weighted by molar-refractivity contribution is -0.0258. The summed E-state index contributed by atoms with van der Waals surface area (Å²) in [7, 11) is -1.47. The number of amides is 1. The second-order valence-corrected chi connectivity index (χ2v) is 8.08. The van der Waals surface area contributed by atoms with Crippen LogP contribution in [0.3, 0.4) is 0 Å². The zero-order valence-corrected chi connectivity index (χ0v) is 16.3. The molecule has 0 saturated carbocycles. The third-order valence-electron chi connectivity index (χ3n) is 4.00. The van der Waals surface area contributed by atoms with Crippen molar-refractivity contribution in [3.8, 4) is 0 Å². The number of nitrogens with zero attached hydrogens (tertiary/aromatic N) is 1. The molecule has 140 valence electrons. The number of sulfonamides is 1. The van der Waals surface area contributed by atoms with Crippen molar-refractivity contribution in [1.82, 2.24) is 9.79 Å². The molecular weight excluding hydrogens is 376 g/mol. The van der Waals surface area contributed by atoms with Crippen molar-refractivity contribution in [2.45, 2.75) is 17.7 Å². The van der Waals surface area contributed by atoms with E-state index >= 15 is 0 Å². The number of carbonyl (C=O) groups is 1. The van der Waals surface area contributed by atoms with Gasteiger partial charge in [-0.25, -0.2) is 8.42 Å². The third-order valence-corrected chi connectivity index (χ3v) is 6.17. The highest BCUT2D eigenvalue weighted by atomic mass is 35.5. The van der Waals surface area contributed by atoms with Gasteiger partial charge in [-0.3, -0.25) is 9.63 Å². The lowest BCUT2D eigenvalue weighted by Crippen LogP contribution is -2.29. The summed E-state index contributed by atoms with van der Waals surface area (Å²) >= 11 is 6.00. The number of rotatable bonds is 7. The zero-order valence-electron chi connectivity index (χ0n) is 14.8. The minimum absolute atomic E-state index is 0.0168. The van der Waals surface area contributed by atoms with E-state index in [2.05, 4.69) is 5.32 Å². The Balaban J connectivity index is 2.16. The molecule has 2 rings (SSSR count). The minimum atomic E-state index is -3.95. The molecule has 1 unspecified atom stereocenters. The first-order chi connectivity index (χ1) is 12.3. The average Bonchev–Trinajstić information content (AvgIpc) is 2.65. The maximum Gasteiger partial charge on any atom is 0.266 e. The monoisotopic (exact) mass is 396 g/mol. The zero-order chi connectivity index (χ0) is 19.3. The predicted molar refractivity (Wildman–Crippen MR) is 101 cm³/mol. The van der Waals surface area contributed by atoms with Gasteiger partial charge in [-0.15, -0.1) is 0 Å². The smallest absolute Gasteiger partial charge is 0.266 e. The summed E-state index contributed by atoms with van der Waals surface area (Å²) in [6, 6.07) is 13.9. The van der Waals surface area contributed by atoms with Crippen molar-refractivity contribution < 1.29 is 18.0 Å². The van der Waals surface area contributed by atoms with Crippen molar-refractivity contribution >= 4 is 27.5 Å². The maximum absolute atomic E-state index is 12.4. The summed E-state index contributed by atoms with van der Waals surface area (Å²) < 4.78 is 25.5. The van der Waals surface area contributed by atoms with Crippen LogP contribution >= 0.6 is 11.6 Å². The average molecular weight is 397 g/mol. The van der Waals surface area contributed by atoms with Crippen LogP contribution in [0.4, 0.5) is 0 Å². The first-order valence-corrected chi connectivity index (χ1v) is 9.75. The van der Waals surface area contributed by atoms with Gasteiger partial charge in [-0.1, -0.05) is 53.3 Å². The van der Waals surface area contributed by atoms with Crippen molar-refractivity contribution in [2.75, 3.05) is 20.7 Å².